The molecule has 0 bridgehead atoms. The molecule has 0 aromatic heterocycles. The molecule has 0 saturated carbocycles. The molecule has 0 radical (unpaired) electrons. The Morgan fingerprint density at radius 3 is 2.00 bits per heavy atom. The average Bonchev–Trinajstić information content (AvgIpc) is 2.84. The number of amides is 3. The lowest BCUT2D eigenvalue weighted by Gasteiger charge is -2.25. The zero-order valence-corrected chi connectivity index (χ0v) is 21.6. The van der Waals surface area contributed by atoms with E-state index in [1.54, 1.807) is 12.1 Å². The van der Waals surface area contributed by atoms with Gasteiger partial charge < -0.3 is 48.5 Å². The van der Waals surface area contributed by atoms with Gasteiger partial charge in [0.2, 0.25) is 17.7 Å². The largest absolute Gasteiger partial charge is 0.508 e. The van der Waals surface area contributed by atoms with Crippen molar-refractivity contribution in [1.82, 2.24) is 16.0 Å². The molecule has 14 heteroatoms. The molecule has 4 atom stereocenters. The van der Waals surface area contributed by atoms with Gasteiger partial charge in [0.15, 0.2) is 5.96 Å². The number of carbonyl (C=O) groups excluding carboxylic acids is 3. The van der Waals surface area contributed by atoms with Gasteiger partial charge in [-0.1, -0.05) is 26.0 Å². The molecule has 12 N–H and O–H groups in total. The van der Waals surface area contributed by atoms with Crippen LogP contribution in [0, 0.1) is 5.92 Å². The lowest BCUT2D eigenvalue weighted by molar-refractivity contribution is -0.142. The van der Waals surface area contributed by atoms with Crippen molar-refractivity contribution in [1.29, 1.82) is 0 Å². The van der Waals surface area contributed by atoms with Gasteiger partial charge >= 0.3 is 5.97 Å². The van der Waals surface area contributed by atoms with Crippen LogP contribution in [0.2, 0.25) is 0 Å². The predicted molar refractivity (Wildman–Crippen MR) is 140 cm³/mol. The van der Waals surface area contributed by atoms with Crippen LogP contribution in [0.1, 0.15) is 38.7 Å². The normalized spacial score (nSPS) is 14.0. The third-order valence-corrected chi connectivity index (χ3v) is 5.44. The molecule has 0 saturated heterocycles. The van der Waals surface area contributed by atoms with Crippen molar-refractivity contribution in [2.24, 2.45) is 28.1 Å². The van der Waals surface area contributed by atoms with E-state index in [1.807, 2.05) is 13.8 Å². The Morgan fingerprint density at radius 2 is 1.47 bits per heavy atom. The van der Waals surface area contributed by atoms with Crippen LogP contribution in [0.15, 0.2) is 29.3 Å². The number of aliphatic hydroxyl groups excluding tert-OH is 1. The number of benzene rings is 1. The van der Waals surface area contributed by atoms with Crippen LogP contribution >= 0.6 is 0 Å². The van der Waals surface area contributed by atoms with E-state index < -0.39 is 54.5 Å². The van der Waals surface area contributed by atoms with Gasteiger partial charge in [0, 0.05) is 6.54 Å². The molecular formula is C24H39N7O7. The zero-order chi connectivity index (χ0) is 28.8. The molecule has 0 spiro atoms. The van der Waals surface area contributed by atoms with Crippen LogP contribution in [0.4, 0.5) is 0 Å². The lowest BCUT2D eigenvalue weighted by atomic mass is 10.0. The smallest absolute Gasteiger partial charge is 0.326 e. The van der Waals surface area contributed by atoms with Crippen molar-refractivity contribution in [3.8, 4) is 5.75 Å². The summed E-state index contributed by atoms with van der Waals surface area (Å²) in [5.41, 5.74) is 17.1. The Morgan fingerprint density at radius 1 is 0.921 bits per heavy atom. The number of hydrogen-bond donors (Lipinski definition) is 9. The SMILES string of the molecule is CC(C)CC(NC(=O)C(CO)NC(=O)C(N)Cc1ccc(O)cc1)C(=O)NC(CCCN=C(N)N)C(=O)O. The van der Waals surface area contributed by atoms with Crippen molar-refractivity contribution >= 4 is 29.7 Å². The molecule has 14 nitrogen and oxygen atoms in total. The zero-order valence-electron chi connectivity index (χ0n) is 21.6. The first-order chi connectivity index (χ1) is 17.8. The molecule has 1 rings (SSSR count). The maximum atomic E-state index is 12.9. The number of aliphatic carboxylic acids is 1. The molecule has 0 heterocycles. The Labute approximate surface area is 221 Å². The number of nitrogens with one attached hydrogen (secondary N) is 3. The second-order valence-electron chi connectivity index (χ2n) is 9.26. The number of nitrogens with zero attached hydrogens (tertiary/aromatic N) is 1. The van der Waals surface area contributed by atoms with E-state index in [0.29, 0.717) is 12.0 Å². The third-order valence-electron chi connectivity index (χ3n) is 5.44. The van der Waals surface area contributed by atoms with Gasteiger partial charge in [-0.05, 0) is 49.3 Å². The summed E-state index contributed by atoms with van der Waals surface area (Å²) in [7, 11) is 0. The first-order valence-corrected chi connectivity index (χ1v) is 12.2. The molecule has 1 aromatic carbocycles. The number of hydrogen-bond acceptors (Lipinski definition) is 8. The van der Waals surface area contributed by atoms with E-state index in [-0.39, 0.29) is 43.4 Å². The summed E-state index contributed by atoms with van der Waals surface area (Å²) in [6, 6.07) is 1.27. The van der Waals surface area contributed by atoms with Gasteiger partial charge in [0.25, 0.3) is 0 Å². The third kappa shape index (κ3) is 11.9. The predicted octanol–water partition coefficient (Wildman–Crippen LogP) is -2.11. The fourth-order valence-corrected chi connectivity index (χ4v) is 3.46. The first-order valence-electron chi connectivity index (χ1n) is 12.2. The van der Waals surface area contributed by atoms with Crippen molar-refractivity contribution in [3.63, 3.8) is 0 Å². The minimum absolute atomic E-state index is 0.0500. The number of carboxylic acid groups (broad SMARTS) is 1. The summed E-state index contributed by atoms with van der Waals surface area (Å²) in [5.74, 6) is -3.66. The highest BCUT2D eigenvalue weighted by Crippen LogP contribution is 2.11. The highest BCUT2D eigenvalue weighted by Gasteiger charge is 2.30. The van der Waals surface area contributed by atoms with E-state index in [4.69, 9.17) is 17.2 Å². The first kappa shape index (κ1) is 32.1. The number of phenolic OH excluding ortho intramolecular Hbond substituents is 1. The number of carbonyl (C=O) groups is 4. The standard InChI is InChI=1S/C24H39N7O7/c1-13(2)10-18(21(35)29-17(23(37)38)4-3-9-28-24(26)27)30-22(36)19(12-32)31-20(34)16(25)11-14-5-7-15(33)8-6-14/h5-8,13,16-19,32-33H,3-4,9-12,25H2,1-2H3,(H,29,35)(H,30,36)(H,31,34)(H,37,38)(H4,26,27,28). The summed E-state index contributed by atoms with van der Waals surface area (Å²) in [5, 5.41) is 35.8. The van der Waals surface area contributed by atoms with Crippen LogP contribution in [0.5, 0.6) is 5.75 Å². The summed E-state index contributed by atoms with van der Waals surface area (Å²) in [6.07, 6.45) is 0.627. The number of guanidine groups is 1. The van der Waals surface area contributed by atoms with E-state index >= 15 is 0 Å². The number of aliphatic hydroxyl groups is 1. The Kier molecular flexibility index (Phi) is 13.6. The van der Waals surface area contributed by atoms with Crippen molar-refractivity contribution in [2.45, 2.75) is 63.7 Å². The maximum absolute atomic E-state index is 12.9. The molecule has 38 heavy (non-hydrogen) atoms. The average molecular weight is 538 g/mol. The minimum Gasteiger partial charge on any atom is -0.508 e. The topological polar surface area (TPSA) is 255 Å². The Balaban J connectivity index is 2.82. The number of nitrogens with two attached hydrogens (primary N) is 3. The Bertz CT molecular complexity index is 965. The summed E-state index contributed by atoms with van der Waals surface area (Å²) in [4.78, 5) is 53.6. The van der Waals surface area contributed by atoms with Gasteiger partial charge in [-0.15, -0.1) is 0 Å². The van der Waals surface area contributed by atoms with Crippen LogP contribution < -0.4 is 33.2 Å². The highest BCUT2D eigenvalue weighted by atomic mass is 16.4. The monoisotopic (exact) mass is 537 g/mol. The molecule has 212 valence electrons. The number of aliphatic imine (C=N–C) groups is 1. The van der Waals surface area contributed by atoms with Crippen molar-refractivity contribution in [2.75, 3.05) is 13.2 Å². The molecular weight excluding hydrogens is 498 g/mol. The number of phenols is 1. The van der Waals surface area contributed by atoms with Gasteiger partial charge in [0.1, 0.15) is 23.9 Å². The van der Waals surface area contributed by atoms with Crippen molar-refractivity contribution in [3.05, 3.63) is 29.8 Å². The van der Waals surface area contributed by atoms with E-state index in [1.165, 1.54) is 12.1 Å². The van der Waals surface area contributed by atoms with E-state index in [2.05, 4.69) is 20.9 Å². The lowest BCUT2D eigenvalue weighted by Crippen LogP contribution is -2.58. The second kappa shape index (κ2) is 16.0. The van der Waals surface area contributed by atoms with E-state index in [9.17, 15) is 34.5 Å². The minimum atomic E-state index is -1.40. The fraction of sp³-hybridized carbons (Fsp3) is 0.542. The van der Waals surface area contributed by atoms with Gasteiger partial charge in [-0.2, -0.15) is 0 Å². The van der Waals surface area contributed by atoms with Gasteiger partial charge in [-0.3, -0.25) is 19.4 Å². The molecule has 3 amide bonds. The molecule has 1 aromatic rings. The molecule has 0 aliphatic heterocycles. The van der Waals surface area contributed by atoms with Crippen LogP contribution in [-0.2, 0) is 25.6 Å². The fourth-order valence-electron chi connectivity index (χ4n) is 3.46. The maximum Gasteiger partial charge on any atom is 0.326 e. The van der Waals surface area contributed by atoms with E-state index in [0.717, 1.165) is 0 Å². The van der Waals surface area contributed by atoms with Crippen LogP contribution in [0.3, 0.4) is 0 Å². The highest BCUT2D eigenvalue weighted by molar-refractivity contribution is 5.94. The molecule has 0 aliphatic rings. The van der Waals surface area contributed by atoms with Crippen LogP contribution in [-0.4, -0.2) is 82.3 Å². The molecule has 4 unspecified atom stereocenters. The Hall–Kier alpha value is -3.91. The summed E-state index contributed by atoms with van der Waals surface area (Å²) in [6.45, 7) is 3.04. The molecule has 0 aliphatic carbocycles. The quantitative estimate of drug-likeness (QED) is 0.0630. The van der Waals surface area contributed by atoms with Gasteiger partial charge in [-0.25, -0.2) is 4.79 Å². The number of rotatable bonds is 16. The summed E-state index contributed by atoms with van der Waals surface area (Å²) >= 11 is 0. The summed E-state index contributed by atoms with van der Waals surface area (Å²) < 4.78 is 0. The molecule has 0 fully saturated rings. The van der Waals surface area contributed by atoms with Crippen LogP contribution in [0.25, 0.3) is 0 Å². The van der Waals surface area contributed by atoms with Gasteiger partial charge in [0.05, 0.1) is 12.6 Å². The second-order valence-corrected chi connectivity index (χ2v) is 9.26. The number of carboxylic acids is 1. The number of aromatic hydroxyl groups is 1. The van der Waals surface area contributed by atoms with Crippen molar-refractivity contribution < 1.29 is 34.5 Å².